The van der Waals surface area contributed by atoms with Crippen LogP contribution >= 0.6 is 22.7 Å². The summed E-state index contributed by atoms with van der Waals surface area (Å²) in [4.78, 5) is 11.9. The van der Waals surface area contributed by atoms with Gasteiger partial charge in [0.25, 0.3) is 0 Å². The van der Waals surface area contributed by atoms with E-state index in [0.29, 0.717) is 0 Å². The standard InChI is InChI=1S/C14H21N3S2/c1-12-4-5-13(19-12)10-17(8-7-16(2)3)11-14-15-6-9-18-14/h4-6,9H,7-8,10-11H2,1-3H3. The predicted octanol–water partition coefficient (Wildman–Crippen LogP) is 3.08. The van der Waals surface area contributed by atoms with E-state index in [1.54, 1.807) is 11.3 Å². The molecule has 0 radical (unpaired) electrons. The third-order valence-electron chi connectivity index (χ3n) is 2.88. The molecular weight excluding hydrogens is 274 g/mol. The first-order valence-electron chi connectivity index (χ1n) is 6.44. The van der Waals surface area contributed by atoms with E-state index in [4.69, 9.17) is 0 Å². The van der Waals surface area contributed by atoms with Gasteiger partial charge in [-0.05, 0) is 33.2 Å². The fourth-order valence-corrected chi connectivity index (χ4v) is 3.46. The smallest absolute Gasteiger partial charge is 0.107 e. The van der Waals surface area contributed by atoms with E-state index in [2.05, 4.69) is 53.3 Å². The maximum absolute atomic E-state index is 4.40. The molecule has 0 unspecified atom stereocenters. The average molecular weight is 295 g/mol. The maximum Gasteiger partial charge on any atom is 0.107 e. The molecule has 0 amide bonds. The Labute approximate surface area is 123 Å². The van der Waals surface area contributed by atoms with Gasteiger partial charge in [0.15, 0.2) is 0 Å². The summed E-state index contributed by atoms with van der Waals surface area (Å²) >= 11 is 3.63. The van der Waals surface area contributed by atoms with E-state index in [9.17, 15) is 0 Å². The Morgan fingerprint density at radius 2 is 2.00 bits per heavy atom. The summed E-state index contributed by atoms with van der Waals surface area (Å²) in [6, 6.07) is 4.44. The van der Waals surface area contributed by atoms with Crippen molar-refractivity contribution in [1.82, 2.24) is 14.8 Å². The zero-order valence-corrected chi connectivity index (χ0v) is 13.4. The van der Waals surface area contributed by atoms with Crippen molar-refractivity contribution in [3.05, 3.63) is 38.5 Å². The first-order valence-corrected chi connectivity index (χ1v) is 8.14. The van der Waals surface area contributed by atoms with Crippen molar-refractivity contribution in [2.24, 2.45) is 0 Å². The number of likely N-dealkylation sites (N-methyl/N-ethyl adjacent to an activating group) is 1. The van der Waals surface area contributed by atoms with E-state index < -0.39 is 0 Å². The van der Waals surface area contributed by atoms with Crippen LogP contribution in [-0.2, 0) is 13.1 Å². The van der Waals surface area contributed by atoms with Crippen LogP contribution in [-0.4, -0.2) is 42.0 Å². The van der Waals surface area contributed by atoms with Crippen molar-refractivity contribution in [3.8, 4) is 0 Å². The van der Waals surface area contributed by atoms with Crippen LogP contribution in [0.15, 0.2) is 23.7 Å². The molecule has 0 N–H and O–H groups in total. The third kappa shape index (κ3) is 5.03. The number of hydrogen-bond donors (Lipinski definition) is 0. The van der Waals surface area contributed by atoms with Crippen LogP contribution in [0.2, 0.25) is 0 Å². The first kappa shape index (κ1) is 14.7. The van der Waals surface area contributed by atoms with Crippen molar-refractivity contribution >= 4 is 22.7 Å². The molecule has 3 nitrogen and oxygen atoms in total. The van der Waals surface area contributed by atoms with E-state index >= 15 is 0 Å². The molecule has 0 atom stereocenters. The summed E-state index contributed by atoms with van der Waals surface area (Å²) in [5.74, 6) is 0. The second kappa shape index (κ2) is 7.14. The van der Waals surface area contributed by atoms with E-state index in [1.807, 2.05) is 17.5 Å². The lowest BCUT2D eigenvalue weighted by Gasteiger charge is -2.22. The summed E-state index contributed by atoms with van der Waals surface area (Å²) in [5.41, 5.74) is 0. The monoisotopic (exact) mass is 295 g/mol. The third-order valence-corrected chi connectivity index (χ3v) is 4.63. The van der Waals surface area contributed by atoms with Gasteiger partial charge in [-0.3, -0.25) is 4.90 Å². The predicted molar refractivity (Wildman–Crippen MR) is 83.8 cm³/mol. The topological polar surface area (TPSA) is 19.4 Å². The molecule has 2 heterocycles. The van der Waals surface area contributed by atoms with Crippen LogP contribution in [0.5, 0.6) is 0 Å². The maximum atomic E-state index is 4.40. The number of aryl methyl sites for hydroxylation is 1. The van der Waals surface area contributed by atoms with Crippen molar-refractivity contribution < 1.29 is 0 Å². The minimum Gasteiger partial charge on any atom is -0.308 e. The number of aromatic nitrogens is 1. The van der Waals surface area contributed by atoms with Gasteiger partial charge < -0.3 is 4.90 Å². The summed E-state index contributed by atoms with van der Waals surface area (Å²) in [7, 11) is 4.24. The highest BCUT2D eigenvalue weighted by atomic mass is 32.1. The molecule has 0 aliphatic rings. The second-order valence-corrected chi connectivity index (χ2v) is 7.30. The minimum absolute atomic E-state index is 0.947. The van der Waals surface area contributed by atoms with Crippen molar-refractivity contribution in [2.75, 3.05) is 27.2 Å². The molecule has 104 valence electrons. The molecular formula is C14H21N3S2. The van der Waals surface area contributed by atoms with E-state index in [-0.39, 0.29) is 0 Å². The minimum atomic E-state index is 0.947. The molecule has 5 heteroatoms. The van der Waals surface area contributed by atoms with E-state index in [0.717, 1.165) is 26.2 Å². The van der Waals surface area contributed by atoms with Crippen molar-refractivity contribution in [1.29, 1.82) is 0 Å². The normalized spacial score (nSPS) is 11.6. The average Bonchev–Trinajstić information content (AvgIpc) is 2.98. The van der Waals surface area contributed by atoms with E-state index in [1.165, 1.54) is 14.8 Å². The van der Waals surface area contributed by atoms with Gasteiger partial charge in [-0.2, -0.15) is 0 Å². The van der Waals surface area contributed by atoms with Crippen LogP contribution in [0.25, 0.3) is 0 Å². The zero-order valence-electron chi connectivity index (χ0n) is 11.8. The highest BCUT2D eigenvalue weighted by molar-refractivity contribution is 7.11. The molecule has 19 heavy (non-hydrogen) atoms. The van der Waals surface area contributed by atoms with Crippen LogP contribution in [0.1, 0.15) is 14.8 Å². The number of hydrogen-bond acceptors (Lipinski definition) is 5. The molecule has 0 aliphatic carbocycles. The molecule has 0 bridgehead atoms. The fraction of sp³-hybridized carbons (Fsp3) is 0.500. The lowest BCUT2D eigenvalue weighted by Crippen LogP contribution is -2.30. The highest BCUT2D eigenvalue weighted by Gasteiger charge is 2.10. The Bertz CT molecular complexity index is 477. The molecule has 0 aromatic carbocycles. The van der Waals surface area contributed by atoms with Crippen molar-refractivity contribution in [3.63, 3.8) is 0 Å². The number of nitrogens with zero attached hydrogens (tertiary/aromatic N) is 3. The quantitative estimate of drug-likeness (QED) is 0.782. The number of thiazole rings is 1. The summed E-state index contributed by atoms with van der Waals surface area (Å²) in [5, 5.41) is 3.25. The molecule has 2 aromatic rings. The van der Waals surface area contributed by atoms with Crippen LogP contribution in [0.3, 0.4) is 0 Å². The summed E-state index contributed by atoms with van der Waals surface area (Å²) in [6.07, 6.45) is 1.89. The Morgan fingerprint density at radius 3 is 2.58 bits per heavy atom. The molecule has 0 saturated heterocycles. The van der Waals surface area contributed by atoms with Crippen LogP contribution in [0.4, 0.5) is 0 Å². The Hall–Kier alpha value is -0.750. The van der Waals surface area contributed by atoms with Gasteiger partial charge >= 0.3 is 0 Å². The molecule has 0 spiro atoms. The number of rotatable bonds is 7. The Balaban J connectivity index is 1.96. The molecule has 0 aliphatic heterocycles. The van der Waals surface area contributed by atoms with Gasteiger partial charge in [0.2, 0.25) is 0 Å². The number of thiophene rings is 1. The molecule has 0 fully saturated rings. The van der Waals surface area contributed by atoms with Crippen LogP contribution < -0.4 is 0 Å². The lowest BCUT2D eigenvalue weighted by atomic mass is 10.3. The van der Waals surface area contributed by atoms with Gasteiger partial charge in [-0.25, -0.2) is 4.98 Å². The Kier molecular flexibility index (Phi) is 5.51. The van der Waals surface area contributed by atoms with Crippen LogP contribution in [0, 0.1) is 6.92 Å². The molecule has 2 rings (SSSR count). The lowest BCUT2D eigenvalue weighted by molar-refractivity contribution is 0.227. The molecule has 0 saturated carbocycles. The second-order valence-electron chi connectivity index (χ2n) is 4.95. The van der Waals surface area contributed by atoms with Gasteiger partial charge in [0, 0.05) is 41.0 Å². The summed E-state index contributed by atoms with van der Waals surface area (Å²) in [6.45, 7) is 6.28. The zero-order chi connectivity index (χ0) is 13.7. The Morgan fingerprint density at radius 1 is 1.16 bits per heavy atom. The van der Waals surface area contributed by atoms with Gasteiger partial charge in [0.1, 0.15) is 5.01 Å². The van der Waals surface area contributed by atoms with Gasteiger partial charge in [-0.15, -0.1) is 22.7 Å². The largest absolute Gasteiger partial charge is 0.308 e. The molecule has 2 aromatic heterocycles. The SMILES string of the molecule is Cc1ccc(CN(CCN(C)C)Cc2nccs2)s1. The van der Waals surface area contributed by atoms with Gasteiger partial charge in [-0.1, -0.05) is 0 Å². The van der Waals surface area contributed by atoms with Crippen molar-refractivity contribution in [2.45, 2.75) is 20.0 Å². The van der Waals surface area contributed by atoms with Gasteiger partial charge in [0.05, 0.1) is 6.54 Å². The summed E-state index contributed by atoms with van der Waals surface area (Å²) < 4.78 is 0. The highest BCUT2D eigenvalue weighted by Crippen LogP contribution is 2.18. The first-order chi connectivity index (χ1) is 9.13. The fourth-order valence-electron chi connectivity index (χ4n) is 1.87.